The van der Waals surface area contributed by atoms with Gasteiger partial charge in [0, 0.05) is 11.8 Å². The number of rotatable bonds is 5. The van der Waals surface area contributed by atoms with Crippen molar-refractivity contribution in [1.29, 1.82) is 0 Å². The van der Waals surface area contributed by atoms with Crippen molar-refractivity contribution in [2.24, 2.45) is 5.10 Å². The monoisotopic (exact) mass is 426 g/mol. The Labute approximate surface area is 174 Å². The van der Waals surface area contributed by atoms with Crippen molar-refractivity contribution >= 4 is 39.6 Å². The number of ketones is 1. The number of thiazole rings is 1. The number of aromatic nitrogens is 1. The third-order valence-corrected chi connectivity index (χ3v) is 5.36. The first kappa shape index (κ1) is 19.8. The zero-order valence-electron chi connectivity index (χ0n) is 15.8. The van der Waals surface area contributed by atoms with Gasteiger partial charge >= 0.3 is 0 Å². The fourth-order valence-corrected chi connectivity index (χ4v) is 3.84. The summed E-state index contributed by atoms with van der Waals surface area (Å²) in [5, 5.41) is 10.1. The SMILES string of the molecule is CC(=O)C1CC(C(=O)Nc2nc(-c3c(F)cccc3F)cs2)=NN1c1ccccc1. The summed E-state index contributed by atoms with van der Waals surface area (Å²) in [4.78, 5) is 28.8. The van der Waals surface area contributed by atoms with Crippen LogP contribution in [0.1, 0.15) is 13.3 Å². The number of hydrazone groups is 1. The van der Waals surface area contributed by atoms with E-state index >= 15 is 0 Å². The molecule has 0 saturated heterocycles. The fraction of sp³-hybridized carbons (Fsp3) is 0.143. The molecule has 1 atom stereocenters. The third-order valence-electron chi connectivity index (χ3n) is 4.61. The van der Waals surface area contributed by atoms with E-state index in [1.165, 1.54) is 23.4 Å². The molecule has 9 heteroatoms. The minimum Gasteiger partial charge on any atom is -0.298 e. The van der Waals surface area contributed by atoms with E-state index in [1.807, 2.05) is 18.2 Å². The number of carbonyl (C=O) groups excluding carboxylic acids is 2. The lowest BCUT2D eigenvalue weighted by atomic mass is 10.1. The average molecular weight is 426 g/mol. The van der Waals surface area contributed by atoms with Gasteiger partial charge in [-0.25, -0.2) is 13.8 Å². The molecule has 1 N–H and O–H groups in total. The van der Waals surface area contributed by atoms with Gasteiger partial charge in [0.1, 0.15) is 23.4 Å². The Bertz CT molecular complexity index is 1130. The Morgan fingerprint density at radius 3 is 2.47 bits per heavy atom. The topological polar surface area (TPSA) is 74.7 Å². The average Bonchev–Trinajstić information content (AvgIpc) is 3.36. The molecule has 0 bridgehead atoms. The molecule has 6 nitrogen and oxygen atoms in total. The van der Waals surface area contributed by atoms with Crippen LogP contribution >= 0.6 is 11.3 Å². The lowest BCUT2D eigenvalue weighted by Crippen LogP contribution is -2.33. The van der Waals surface area contributed by atoms with Gasteiger partial charge in [0.2, 0.25) is 0 Å². The normalized spacial score (nSPS) is 15.8. The molecule has 30 heavy (non-hydrogen) atoms. The number of benzene rings is 2. The summed E-state index contributed by atoms with van der Waals surface area (Å²) in [5.41, 5.74) is 0.714. The van der Waals surface area contributed by atoms with Crippen LogP contribution in [0.5, 0.6) is 0 Å². The zero-order chi connectivity index (χ0) is 21.3. The summed E-state index contributed by atoms with van der Waals surface area (Å²) in [6.07, 6.45) is 0.149. The quantitative estimate of drug-likeness (QED) is 0.662. The minimum absolute atomic E-state index is 0.0896. The van der Waals surface area contributed by atoms with Gasteiger partial charge in [-0.2, -0.15) is 5.10 Å². The highest BCUT2D eigenvalue weighted by atomic mass is 32.1. The van der Waals surface area contributed by atoms with E-state index in [4.69, 9.17) is 0 Å². The number of halogens is 2. The standard InChI is InChI=1S/C21H16F2N4O2S/c1-12(28)18-10-16(26-27(18)13-6-3-2-4-7-13)20(29)25-21-24-17(11-30-21)19-14(22)8-5-9-15(19)23/h2-9,11,18H,10H2,1H3,(H,24,25,29). The van der Waals surface area contributed by atoms with E-state index in [0.29, 0.717) is 5.69 Å². The number of nitrogens with zero attached hydrogens (tertiary/aromatic N) is 3. The lowest BCUT2D eigenvalue weighted by Gasteiger charge is -2.20. The lowest BCUT2D eigenvalue weighted by molar-refractivity contribution is -0.118. The Morgan fingerprint density at radius 1 is 1.10 bits per heavy atom. The molecule has 1 unspecified atom stereocenters. The van der Waals surface area contributed by atoms with E-state index < -0.39 is 23.6 Å². The molecule has 0 radical (unpaired) electrons. The molecule has 1 aliphatic heterocycles. The second-order valence-corrected chi connectivity index (χ2v) is 7.50. The van der Waals surface area contributed by atoms with E-state index in [1.54, 1.807) is 12.1 Å². The van der Waals surface area contributed by atoms with Crippen molar-refractivity contribution in [3.8, 4) is 11.3 Å². The summed E-state index contributed by atoms with van der Waals surface area (Å²) >= 11 is 1.04. The third kappa shape index (κ3) is 3.84. The van der Waals surface area contributed by atoms with Crippen LogP contribution in [0.2, 0.25) is 0 Å². The number of hydrogen-bond donors (Lipinski definition) is 1. The van der Waals surface area contributed by atoms with Gasteiger partial charge in [0.05, 0.1) is 16.9 Å². The van der Waals surface area contributed by atoms with Crippen molar-refractivity contribution in [3.05, 3.63) is 65.5 Å². The molecule has 2 heterocycles. The van der Waals surface area contributed by atoms with E-state index in [2.05, 4.69) is 15.4 Å². The van der Waals surface area contributed by atoms with Crippen LogP contribution in [0.3, 0.4) is 0 Å². The van der Waals surface area contributed by atoms with Gasteiger partial charge in [-0.1, -0.05) is 24.3 Å². The van der Waals surface area contributed by atoms with Gasteiger partial charge in [-0.3, -0.25) is 19.9 Å². The molecule has 0 aliphatic carbocycles. The molecule has 1 amide bonds. The van der Waals surface area contributed by atoms with Gasteiger partial charge in [0.15, 0.2) is 10.9 Å². The molecule has 1 aromatic heterocycles. The Morgan fingerprint density at radius 2 is 1.80 bits per heavy atom. The summed E-state index contributed by atoms with van der Waals surface area (Å²) in [5.74, 6) is -2.10. The first-order valence-corrected chi connectivity index (χ1v) is 9.95. The number of amides is 1. The molecular weight excluding hydrogens is 410 g/mol. The second-order valence-electron chi connectivity index (χ2n) is 6.65. The van der Waals surface area contributed by atoms with Crippen molar-refractivity contribution < 1.29 is 18.4 Å². The summed E-state index contributed by atoms with van der Waals surface area (Å²) < 4.78 is 27.9. The van der Waals surface area contributed by atoms with Crippen molar-refractivity contribution in [3.63, 3.8) is 0 Å². The second kappa shape index (κ2) is 8.11. The Kier molecular flexibility index (Phi) is 5.37. The smallest absolute Gasteiger partial charge is 0.273 e. The van der Waals surface area contributed by atoms with Gasteiger partial charge in [0.25, 0.3) is 5.91 Å². The van der Waals surface area contributed by atoms with Crippen LogP contribution in [0.4, 0.5) is 19.6 Å². The van der Waals surface area contributed by atoms with Crippen LogP contribution in [0.15, 0.2) is 59.0 Å². The Balaban J connectivity index is 1.55. The molecule has 2 aromatic carbocycles. The van der Waals surface area contributed by atoms with E-state index in [-0.39, 0.29) is 34.3 Å². The molecular formula is C21H16F2N4O2S. The predicted molar refractivity (Wildman–Crippen MR) is 112 cm³/mol. The highest BCUT2D eigenvalue weighted by molar-refractivity contribution is 7.14. The summed E-state index contributed by atoms with van der Waals surface area (Å²) in [7, 11) is 0. The van der Waals surface area contributed by atoms with Crippen LogP contribution in [-0.2, 0) is 9.59 Å². The largest absolute Gasteiger partial charge is 0.298 e. The maximum absolute atomic E-state index is 14.0. The maximum atomic E-state index is 14.0. The van der Waals surface area contributed by atoms with Crippen LogP contribution in [-0.4, -0.2) is 28.4 Å². The van der Waals surface area contributed by atoms with Gasteiger partial charge in [-0.15, -0.1) is 11.3 Å². The van der Waals surface area contributed by atoms with Crippen molar-refractivity contribution in [2.45, 2.75) is 19.4 Å². The number of anilines is 2. The predicted octanol–water partition coefficient (Wildman–Crippen LogP) is 4.25. The molecule has 1 aliphatic rings. The van der Waals surface area contributed by atoms with Gasteiger partial charge < -0.3 is 0 Å². The molecule has 0 saturated carbocycles. The Hall–Kier alpha value is -3.46. The fourth-order valence-electron chi connectivity index (χ4n) is 3.14. The number of carbonyl (C=O) groups is 2. The number of para-hydroxylation sites is 1. The first-order valence-electron chi connectivity index (χ1n) is 9.07. The van der Waals surface area contributed by atoms with Crippen molar-refractivity contribution in [1.82, 2.24) is 4.98 Å². The zero-order valence-corrected chi connectivity index (χ0v) is 16.6. The first-order chi connectivity index (χ1) is 14.4. The maximum Gasteiger partial charge on any atom is 0.273 e. The number of hydrogen-bond acceptors (Lipinski definition) is 6. The highest BCUT2D eigenvalue weighted by Gasteiger charge is 2.34. The van der Waals surface area contributed by atoms with Crippen molar-refractivity contribution in [2.75, 3.05) is 10.3 Å². The number of nitrogens with one attached hydrogen (secondary N) is 1. The molecule has 3 aromatic rings. The van der Waals surface area contributed by atoms with E-state index in [9.17, 15) is 18.4 Å². The van der Waals surface area contributed by atoms with Crippen LogP contribution < -0.4 is 10.3 Å². The highest BCUT2D eigenvalue weighted by Crippen LogP contribution is 2.30. The molecule has 4 rings (SSSR count). The van der Waals surface area contributed by atoms with Crippen LogP contribution in [0.25, 0.3) is 11.3 Å². The molecule has 0 fully saturated rings. The molecule has 152 valence electrons. The minimum atomic E-state index is -0.735. The molecule has 0 spiro atoms. The van der Waals surface area contributed by atoms with Crippen LogP contribution in [0, 0.1) is 11.6 Å². The van der Waals surface area contributed by atoms with E-state index in [0.717, 1.165) is 23.5 Å². The number of Topliss-reactive ketones (excluding diaryl/α,β-unsaturated/α-hetero) is 1. The van der Waals surface area contributed by atoms with Gasteiger partial charge in [-0.05, 0) is 31.2 Å². The summed E-state index contributed by atoms with van der Waals surface area (Å²) in [6.45, 7) is 1.45. The summed E-state index contributed by atoms with van der Waals surface area (Å²) in [6, 6.07) is 12.1.